The van der Waals surface area contributed by atoms with Crippen molar-refractivity contribution in [2.75, 3.05) is 20.8 Å². The molecule has 6 nitrogen and oxygen atoms in total. The first-order valence-corrected chi connectivity index (χ1v) is 9.74. The Morgan fingerprint density at radius 2 is 1.86 bits per heavy atom. The van der Waals surface area contributed by atoms with Crippen LogP contribution in [-0.4, -0.2) is 43.5 Å². The Morgan fingerprint density at radius 3 is 2.52 bits per heavy atom. The summed E-state index contributed by atoms with van der Waals surface area (Å²) in [5.41, 5.74) is 2.98. The number of rotatable bonds is 9. The summed E-state index contributed by atoms with van der Waals surface area (Å²) in [5, 5.41) is 2.65. The molecule has 6 heteroatoms. The number of carbonyl (C=O) groups is 2. The van der Waals surface area contributed by atoms with Crippen LogP contribution in [-0.2, 0) is 16.1 Å². The van der Waals surface area contributed by atoms with E-state index in [-0.39, 0.29) is 25.0 Å². The van der Waals surface area contributed by atoms with Gasteiger partial charge in [-0.1, -0.05) is 31.2 Å². The van der Waals surface area contributed by atoms with E-state index in [0.29, 0.717) is 17.9 Å². The lowest BCUT2D eigenvalue weighted by molar-refractivity contribution is -0.142. The van der Waals surface area contributed by atoms with Crippen LogP contribution in [0.25, 0.3) is 0 Å². The number of nitrogens with zero attached hydrogens (tertiary/aromatic N) is 1. The molecule has 0 saturated carbocycles. The Balaban J connectivity index is 2.23. The molecule has 1 atom stereocenters. The predicted octanol–water partition coefficient (Wildman–Crippen LogP) is 3.24. The monoisotopic (exact) mass is 398 g/mol. The van der Waals surface area contributed by atoms with Gasteiger partial charge in [-0.15, -0.1) is 0 Å². The molecule has 2 aromatic rings. The van der Waals surface area contributed by atoms with Crippen LogP contribution in [0, 0.1) is 13.8 Å². The van der Waals surface area contributed by atoms with Crippen LogP contribution in [0.15, 0.2) is 42.5 Å². The molecule has 2 aromatic carbocycles. The molecule has 0 unspecified atom stereocenters. The first kappa shape index (κ1) is 22.3. The Morgan fingerprint density at radius 1 is 1.14 bits per heavy atom. The minimum Gasteiger partial charge on any atom is -0.497 e. The predicted molar refractivity (Wildman–Crippen MR) is 113 cm³/mol. The van der Waals surface area contributed by atoms with E-state index >= 15 is 0 Å². The molecule has 0 aliphatic rings. The molecule has 0 saturated heterocycles. The van der Waals surface area contributed by atoms with Gasteiger partial charge in [0.15, 0.2) is 6.61 Å². The van der Waals surface area contributed by atoms with Gasteiger partial charge in [-0.25, -0.2) is 0 Å². The van der Waals surface area contributed by atoms with Gasteiger partial charge in [-0.3, -0.25) is 9.59 Å². The third-order valence-electron chi connectivity index (χ3n) is 5.03. The fourth-order valence-corrected chi connectivity index (χ4v) is 3.16. The first-order valence-electron chi connectivity index (χ1n) is 9.74. The van der Waals surface area contributed by atoms with Crippen molar-refractivity contribution in [3.63, 3.8) is 0 Å². The molecule has 0 aromatic heterocycles. The molecule has 0 bridgehead atoms. The average Bonchev–Trinajstić information content (AvgIpc) is 2.74. The normalized spacial score (nSPS) is 11.5. The molecule has 156 valence electrons. The quantitative estimate of drug-likeness (QED) is 0.704. The third kappa shape index (κ3) is 5.73. The van der Waals surface area contributed by atoms with Crippen LogP contribution < -0.4 is 14.8 Å². The maximum Gasteiger partial charge on any atom is 0.261 e. The Kier molecular flexibility index (Phi) is 8.07. The van der Waals surface area contributed by atoms with Gasteiger partial charge in [0, 0.05) is 13.6 Å². The van der Waals surface area contributed by atoms with Crippen LogP contribution >= 0.6 is 0 Å². The van der Waals surface area contributed by atoms with Gasteiger partial charge < -0.3 is 19.7 Å². The van der Waals surface area contributed by atoms with Crippen LogP contribution in [0.2, 0.25) is 0 Å². The van der Waals surface area contributed by atoms with Gasteiger partial charge in [-0.05, 0) is 55.2 Å². The molecule has 2 rings (SSSR count). The average molecular weight is 399 g/mol. The van der Waals surface area contributed by atoms with Crippen molar-refractivity contribution in [3.8, 4) is 11.5 Å². The molecule has 2 amide bonds. The lowest BCUT2D eigenvalue weighted by Crippen LogP contribution is -2.49. The first-order chi connectivity index (χ1) is 13.9. The molecule has 29 heavy (non-hydrogen) atoms. The van der Waals surface area contributed by atoms with Crippen molar-refractivity contribution in [2.45, 2.75) is 39.8 Å². The highest BCUT2D eigenvalue weighted by Crippen LogP contribution is 2.21. The second-order valence-electron chi connectivity index (χ2n) is 6.90. The van der Waals surface area contributed by atoms with E-state index in [1.807, 2.05) is 63.2 Å². The Labute approximate surface area is 172 Å². The zero-order chi connectivity index (χ0) is 21.4. The summed E-state index contributed by atoms with van der Waals surface area (Å²) in [4.78, 5) is 27.1. The third-order valence-corrected chi connectivity index (χ3v) is 5.03. The number of benzene rings is 2. The SMILES string of the molecule is CC[C@@H](C(=O)NC)N(Cc1cccc(OC)c1)C(=O)COc1cccc(C)c1C. The van der Waals surface area contributed by atoms with Crippen LogP contribution in [0.4, 0.5) is 0 Å². The molecule has 0 heterocycles. The van der Waals surface area contributed by atoms with Gasteiger partial charge in [0.05, 0.1) is 7.11 Å². The zero-order valence-corrected chi connectivity index (χ0v) is 17.8. The highest BCUT2D eigenvalue weighted by Gasteiger charge is 2.28. The van der Waals surface area contributed by atoms with Gasteiger partial charge in [-0.2, -0.15) is 0 Å². The highest BCUT2D eigenvalue weighted by molar-refractivity contribution is 5.88. The number of methoxy groups -OCH3 is 1. The van der Waals surface area contributed by atoms with Crippen LogP contribution in [0.3, 0.4) is 0 Å². The van der Waals surface area contributed by atoms with Crippen LogP contribution in [0.1, 0.15) is 30.0 Å². The zero-order valence-electron chi connectivity index (χ0n) is 17.8. The Hall–Kier alpha value is -3.02. The summed E-state index contributed by atoms with van der Waals surface area (Å²) in [6, 6.07) is 12.6. The molecule has 0 aliphatic heterocycles. The number of ether oxygens (including phenoxy) is 2. The molecule has 0 fully saturated rings. The standard InChI is InChI=1S/C23H30N2O4/c1-6-20(23(27)24-4)25(14-18-10-8-11-19(13-18)28-5)22(26)15-29-21-12-7-9-16(2)17(21)3/h7-13,20H,6,14-15H2,1-5H3,(H,24,27)/t20-/m0/s1. The summed E-state index contributed by atoms with van der Waals surface area (Å²) in [5.74, 6) is 0.932. The van der Waals surface area contributed by atoms with E-state index in [4.69, 9.17) is 9.47 Å². The lowest BCUT2D eigenvalue weighted by atomic mass is 10.1. The number of hydrogen-bond acceptors (Lipinski definition) is 4. The molecular formula is C23H30N2O4. The van der Waals surface area contributed by atoms with E-state index in [1.54, 1.807) is 19.1 Å². The highest BCUT2D eigenvalue weighted by atomic mass is 16.5. The van der Waals surface area contributed by atoms with E-state index in [2.05, 4.69) is 5.32 Å². The number of carbonyl (C=O) groups excluding carboxylic acids is 2. The van der Waals surface area contributed by atoms with Crippen molar-refractivity contribution in [1.82, 2.24) is 10.2 Å². The Bertz CT molecular complexity index is 851. The van der Waals surface area contributed by atoms with Gasteiger partial charge in [0.25, 0.3) is 5.91 Å². The number of hydrogen-bond donors (Lipinski definition) is 1. The van der Waals surface area contributed by atoms with Crippen LogP contribution in [0.5, 0.6) is 11.5 Å². The smallest absolute Gasteiger partial charge is 0.261 e. The number of likely N-dealkylation sites (N-methyl/N-ethyl adjacent to an activating group) is 1. The summed E-state index contributed by atoms with van der Waals surface area (Å²) < 4.78 is 11.1. The fourth-order valence-electron chi connectivity index (χ4n) is 3.16. The van der Waals surface area contributed by atoms with Gasteiger partial charge in [0.1, 0.15) is 17.5 Å². The van der Waals surface area contributed by atoms with Crippen molar-refractivity contribution in [3.05, 3.63) is 59.2 Å². The summed E-state index contributed by atoms with van der Waals surface area (Å²) in [6.07, 6.45) is 0.499. The topological polar surface area (TPSA) is 67.9 Å². The molecule has 0 aliphatic carbocycles. The number of nitrogens with one attached hydrogen (secondary N) is 1. The molecule has 0 radical (unpaired) electrons. The van der Waals surface area contributed by atoms with Gasteiger partial charge >= 0.3 is 0 Å². The van der Waals surface area contributed by atoms with E-state index in [1.165, 1.54) is 0 Å². The second-order valence-corrected chi connectivity index (χ2v) is 6.90. The van der Waals surface area contributed by atoms with Crippen molar-refractivity contribution < 1.29 is 19.1 Å². The molecule has 0 spiro atoms. The summed E-state index contributed by atoms with van der Waals surface area (Å²) in [7, 11) is 3.17. The minimum atomic E-state index is -0.582. The van der Waals surface area contributed by atoms with E-state index < -0.39 is 6.04 Å². The van der Waals surface area contributed by atoms with Gasteiger partial charge in [0.2, 0.25) is 5.91 Å². The van der Waals surface area contributed by atoms with Crippen molar-refractivity contribution >= 4 is 11.8 Å². The lowest BCUT2D eigenvalue weighted by Gasteiger charge is -2.30. The van der Waals surface area contributed by atoms with E-state index in [0.717, 1.165) is 16.7 Å². The van der Waals surface area contributed by atoms with Crippen molar-refractivity contribution in [2.24, 2.45) is 0 Å². The number of aryl methyl sites for hydroxylation is 1. The molecular weight excluding hydrogens is 368 g/mol. The second kappa shape index (κ2) is 10.5. The largest absolute Gasteiger partial charge is 0.497 e. The molecule has 1 N–H and O–H groups in total. The minimum absolute atomic E-state index is 0.137. The maximum absolute atomic E-state index is 13.1. The fraction of sp³-hybridized carbons (Fsp3) is 0.391. The summed E-state index contributed by atoms with van der Waals surface area (Å²) >= 11 is 0. The summed E-state index contributed by atoms with van der Waals surface area (Å²) in [6.45, 7) is 6.00. The maximum atomic E-state index is 13.1. The van der Waals surface area contributed by atoms with E-state index in [9.17, 15) is 9.59 Å². The number of amides is 2. The van der Waals surface area contributed by atoms with Crippen molar-refractivity contribution in [1.29, 1.82) is 0 Å².